The Balaban J connectivity index is 0.000000182. The van der Waals surface area contributed by atoms with Crippen LogP contribution in [0.1, 0.15) is 70.8 Å². The van der Waals surface area contributed by atoms with Crippen molar-refractivity contribution in [1.82, 2.24) is 14.7 Å². The Morgan fingerprint density at radius 2 is 0.595 bits per heavy atom. The lowest BCUT2D eigenvalue weighted by molar-refractivity contribution is -0.141. The van der Waals surface area contributed by atoms with Crippen LogP contribution in [-0.2, 0) is 37.6 Å². The van der Waals surface area contributed by atoms with E-state index in [1.165, 1.54) is 97.7 Å². The summed E-state index contributed by atoms with van der Waals surface area (Å²) in [5, 5.41) is 19.7. The first-order valence-electron chi connectivity index (χ1n) is 39.0. The number of fused-ring (bicyclic) bond motifs is 3. The van der Waals surface area contributed by atoms with Gasteiger partial charge in [0.05, 0.1) is 121 Å². The fourth-order valence-electron chi connectivity index (χ4n) is 15.8. The number of aliphatic carboxylic acids is 2. The molecule has 3 atom stereocenters. The highest BCUT2D eigenvalue weighted by Gasteiger charge is 2.46. The molecule has 1 unspecified atom stereocenters. The van der Waals surface area contributed by atoms with Crippen molar-refractivity contribution in [3.8, 4) is 34.5 Å². The first-order valence-corrected chi connectivity index (χ1v) is 39.0. The van der Waals surface area contributed by atoms with Gasteiger partial charge in [-0.15, -0.1) is 0 Å². The van der Waals surface area contributed by atoms with Gasteiger partial charge in [-0.05, 0) is 109 Å². The van der Waals surface area contributed by atoms with Gasteiger partial charge < -0.3 is 87.5 Å². The van der Waals surface area contributed by atoms with Crippen molar-refractivity contribution < 1.29 is 120 Å². The SMILES string of the molecule is COC(=O)C[C@H]1c2cccc(F)c2N=C(N2CCN(c3cccc(OC)c3)CC2)N1c1cc(C(F)(F)F)ccc1OC.COc1cccc(N2CCN(C3=Nc4c(F)cccc4C(CC(=O)O)N3c3cc(C(F)(F)F)ccc3OC)CC2)c1.COc1cccc(N2CCN(C3=Nc4c(F)cccc4[C@H](CC(=O)O)N3c3cc(C(F)(F)F)ccc3OC)CC2)c1.F.F. The molecule has 2 N–H and O–H groups in total. The number of carbonyl (C=O) groups excluding carboxylic acids is 1. The number of para-hydroxylation sites is 3. The number of hydrogen-bond donors (Lipinski definition) is 2. The zero-order valence-electron chi connectivity index (χ0n) is 68.9. The molecule has 6 heterocycles. The Labute approximate surface area is 714 Å². The lowest BCUT2D eigenvalue weighted by atomic mass is 9.96. The molecule has 0 amide bonds. The van der Waals surface area contributed by atoms with Gasteiger partial charge in [0.1, 0.15) is 69.0 Å². The summed E-state index contributed by atoms with van der Waals surface area (Å²) in [5.41, 5.74) is 0.880. The van der Waals surface area contributed by atoms with Crippen LogP contribution in [0.15, 0.2) is 197 Å². The van der Waals surface area contributed by atoms with Gasteiger partial charge in [0.2, 0.25) is 17.9 Å². The van der Waals surface area contributed by atoms with Crippen molar-refractivity contribution in [1.29, 1.82) is 0 Å². The topological polar surface area (TPSA) is 223 Å². The number of nitrogens with zero attached hydrogens (tertiary/aromatic N) is 12. The van der Waals surface area contributed by atoms with Crippen molar-refractivity contribution in [2.75, 3.05) is 158 Å². The summed E-state index contributed by atoms with van der Waals surface area (Å²) in [6, 6.07) is 41.6. The number of piperazine rings is 3. The predicted octanol–water partition coefficient (Wildman–Crippen LogP) is 17.5. The number of alkyl halides is 9. The van der Waals surface area contributed by atoms with E-state index in [2.05, 4.69) is 29.7 Å². The van der Waals surface area contributed by atoms with Crippen LogP contribution in [0.25, 0.3) is 0 Å². The van der Waals surface area contributed by atoms with Crippen LogP contribution in [0.2, 0.25) is 0 Å². The highest BCUT2D eigenvalue weighted by Crippen LogP contribution is 2.51. The molecule has 0 aliphatic carbocycles. The van der Waals surface area contributed by atoms with Crippen LogP contribution in [0, 0.1) is 17.5 Å². The van der Waals surface area contributed by atoms with Crippen molar-refractivity contribution in [2.24, 2.45) is 15.0 Å². The Morgan fingerprint density at radius 1 is 0.341 bits per heavy atom. The summed E-state index contributed by atoms with van der Waals surface area (Å²) in [6.07, 6.45) is -15.3. The molecule has 0 radical (unpaired) electrons. The number of benzene rings is 9. The number of anilines is 6. The molecule has 670 valence electrons. The standard InChI is InChI=1S/C30H30F4N4O4.2C29H28F4N4O4.2FH/c1-40-21-7-4-6-20(17-21)36-12-14-37(15-13-36)29-35-28-22(8-5-9-23(28)31)24(18-27(39)42-3)38(29)25-16-19(30(32,33)34)10-11-26(25)41-2;2*1-40-20-6-3-5-19(16-20)35-11-13-36(14-12-35)28-34-27-21(7-4-8-22(27)30)23(17-26(38)39)37(28)24-15-18(29(31,32)33)9-10-25(24)41-2;;/h4-11,16-17,24H,12-15,18H2,1-3H3;2*3-10,15-16,23H,11-14,17H2,1-2H3,(H,38,39);2*1H/t24-;23-;;;/m00.../s1. The van der Waals surface area contributed by atoms with Gasteiger partial charge >= 0.3 is 36.4 Å². The molecular weight excluding hydrogens is 1680 g/mol. The molecule has 0 bridgehead atoms. The van der Waals surface area contributed by atoms with Crippen LogP contribution >= 0.6 is 0 Å². The number of ether oxygens (including phenoxy) is 7. The molecule has 6 aliphatic rings. The van der Waals surface area contributed by atoms with E-state index >= 15 is 13.2 Å². The van der Waals surface area contributed by atoms with Crippen LogP contribution < -0.4 is 57.8 Å². The fraction of sp³-hybridized carbons (Fsp3) is 0.318. The van der Waals surface area contributed by atoms with E-state index in [-0.39, 0.29) is 96.2 Å². The number of aliphatic imine (C=N–C) groups is 3. The first-order chi connectivity index (χ1) is 59.3. The zero-order valence-corrected chi connectivity index (χ0v) is 68.9. The number of methoxy groups -OCH3 is 7. The summed E-state index contributed by atoms with van der Waals surface area (Å²) in [4.78, 5) is 67.0. The maximum absolute atomic E-state index is 15.2. The molecular formula is C88H88F14N12O12. The van der Waals surface area contributed by atoms with Crippen molar-refractivity contribution in [3.63, 3.8) is 0 Å². The molecule has 9 aromatic carbocycles. The van der Waals surface area contributed by atoms with Crippen LogP contribution in [0.3, 0.4) is 0 Å². The lowest BCUT2D eigenvalue weighted by Gasteiger charge is -2.45. The van der Waals surface area contributed by atoms with Gasteiger partial charge in [-0.2, -0.15) is 39.5 Å². The predicted molar refractivity (Wildman–Crippen MR) is 447 cm³/mol. The van der Waals surface area contributed by atoms with Crippen LogP contribution in [0.4, 0.5) is 113 Å². The van der Waals surface area contributed by atoms with E-state index in [0.717, 1.165) is 53.5 Å². The molecule has 3 saturated heterocycles. The second-order valence-corrected chi connectivity index (χ2v) is 29.1. The summed E-state index contributed by atoms with van der Waals surface area (Å²) in [6.45, 7) is 5.56. The second-order valence-electron chi connectivity index (χ2n) is 29.1. The Morgan fingerprint density at radius 3 is 0.833 bits per heavy atom. The number of carbonyl (C=O) groups is 3. The lowest BCUT2D eigenvalue weighted by Crippen LogP contribution is -2.55. The largest absolute Gasteiger partial charge is 0.497 e. The third-order valence-corrected chi connectivity index (χ3v) is 21.9. The van der Waals surface area contributed by atoms with Crippen molar-refractivity contribution in [3.05, 3.63) is 233 Å². The summed E-state index contributed by atoms with van der Waals surface area (Å²) in [5.74, 6) is -1.98. The Kier molecular flexibility index (Phi) is 29.2. The van der Waals surface area contributed by atoms with Crippen LogP contribution in [0.5, 0.6) is 34.5 Å². The normalized spacial score (nSPS) is 16.8. The Bertz CT molecular complexity index is 5270. The van der Waals surface area contributed by atoms with Gasteiger partial charge in [-0.25, -0.2) is 28.1 Å². The molecule has 0 aromatic heterocycles. The molecule has 0 spiro atoms. The molecule has 3 fully saturated rings. The second kappa shape index (κ2) is 39.5. The highest BCUT2D eigenvalue weighted by atomic mass is 19.4. The number of halogens is 14. The van der Waals surface area contributed by atoms with Crippen molar-refractivity contribution >= 4 is 87.0 Å². The van der Waals surface area contributed by atoms with E-state index < -0.39 is 102 Å². The number of esters is 1. The number of guanidine groups is 3. The highest BCUT2D eigenvalue weighted by molar-refractivity contribution is 6.05. The van der Waals surface area contributed by atoms with Gasteiger partial charge in [0, 0.05) is 130 Å². The van der Waals surface area contributed by atoms with E-state index in [1.807, 2.05) is 87.5 Å². The third kappa shape index (κ3) is 20.3. The smallest absolute Gasteiger partial charge is 0.416 e. The molecule has 9 aromatic rings. The quantitative estimate of drug-likeness (QED) is 0.0602. The minimum Gasteiger partial charge on any atom is -0.497 e. The van der Waals surface area contributed by atoms with Gasteiger partial charge in [-0.3, -0.25) is 23.8 Å². The Hall–Kier alpha value is -13.6. The monoisotopic (exact) mass is 1770 g/mol. The number of rotatable bonds is 18. The number of carboxylic acid groups (broad SMARTS) is 2. The first kappa shape index (κ1) is 93.1. The van der Waals surface area contributed by atoms with Gasteiger partial charge in [0.15, 0.2) is 0 Å². The number of carboxylic acids is 2. The minimum atomic E-state index is -4.66. The molecule has 6 aliphatic heterocycles. The third-order valence-electron chi connectivity index (χ3n) is 21.9. The maximum atomic E-state index is 15.2. The van der Waals surface area contributed by atoms with E-state index in [1.54, 1.807) is 39.5 Å². The minimum absolute atomic E-state index is 0. The van der Waals surface area contributed by atoms with E-state index in [4.69, 9.17) is 33.2 Å². The molecule has 0 saturated carbocycles. The van der Waals surface area contributed by atoms with Crippen LogP contribution in [-0.4, -0.2) is 189 Å². The van der Waals surface area contributed by atoms with Crippen molar-refractivity contribution in [2.45, 2.75) is 55.9 Å². The number of hydrogen-bond acceptors (Lipinski definition) is 22. The average Bonchev–Trinajstić information content (AvgIpc) is 0.750. The summed E-state index contributed by atoms with van der Waals surface area (Å²) >= 11 is 0. The molecule has 38 heteroatoms. The average molecular weight is 1770 g/mol. The molecule has 15 rings (SSSR count). The summed E-state index contributed by atoms with van der Waals surface area (Å²) in [7, 11) is 9.97. The van der Waals surface area contributed by atoms with E-state index in [0.29, 0.717) is 101 Å². The summed E-state index contributed by atoms with van der Waals surface area (Å²) < 4.78 is 207. The van der Waals surface area contributed by atoms with Gasteiger partial charge in [-0.1, -0.05) is 54.6 Å². The molecule has 126 heavy (non-hydrogen) atoms. The van der Waals surface area contributed by atoms with E-state index in [9.17, 15) is 64.1 Å². The fourth-order valence-corrected chi connectivity index (χ4v) is 15.8. The van der Waals surface area contributed by atoms with Gasteiger partial charge in [0.25, 0.3) is 0 Å². The molecule has 24 nitrogen and oxygen atoms in total. The zero-order chi connectivity index (χ0) is 88.6. The maximum Gasteiger partial charge on any atom is 0.416 e.